The molecule has 0 aromatic carbocycles. The zero-order valence-electron chi connectivity index (χ0n) is 42.1. The molecule has 0 spiro atoms. The predicted molar refractivity (Wildman–Crippen MR) is 269 cm³/mol. The van der Waals surface area contributed by atoms with Crippen molar-refractivity contribution in [3.05, 3.63) is 48.6 Å². The van der Waals surface area contributed by atoms with E-state index in [0.717, 1.165) is 70.6 Å². The number of rotatable bonds is 44. The summed E-state index contributed by atoms with van der Waals surface area (Å²) in [5.41, 5.74) is 0. The summed E-state index contributed by atoms with van der Waals surface area (Å²) in [5, 5.41) is 56.6. The number of hydrogen-bond donors (Lipinski definition) is 6. The second kappa shape index (κ2) is 43.9. The number of aliphatic hydroxyl groups excluding tert-OH is 5. The minimum atomic E-state index is -1.61. The molecule has 11 nitrogen and oxygen atoms in total. The lowest BCUT2D eigenvalue weighted by molar-refractivity contribution is -0.305. The lowest BCUT2D eigenvalue weighted by atomic mass is 9.99. The van der Waals surface area contributed by atoms with Gasteiger partial charge < -0.3 is 45.1 Å². The molecule has 1 amide bonds. The minimum Gasteiger partial charge on any atom is -0.454 e. The van der Waals surface area contributed by atoms with Crippen LogP contribution in [0, 0.1) is 0 Å². The summed E-state index contributed by atoms with van der Waals surface area (Å²) in [6.45, 7) is 5.61. The molecule has 1 saturated heterocycles. The van der Waals surface area contributed by atoms with Gasteiger partial charge in [-0.25, -0.2) is 0 Å². The van der Waals surface area contributed by atoms with Crippen LogP contribution in [0.1, 0.15) is 226 Å². The number of nitrogens with one attached hydrogen (secondary N) is 1. The van der Waals surface area contributed by atoms with Crippen LogP contribution in [0.3, 0.4) is 0 Å². The number of hydrogen-bond acceptors (Lipinski definition) is 10. The van der Waals surface area contributed by atoms with E-state index in [-0.39, 0.29) is 19.4 Å². The molecule has 0 aromatic heterocycles. The van der Waals surface area contributed by atoms with Crippen LogP contribution in [0.2, 0.25) is 0 Å². The summed E-state index contributed by atoms with van der Waals surface area (Å²) in [7, 11) is 0. The Morgan fingerprint density at radius 2 is 1.09 bits per heavy atom. The number of carbonyl (C=O) groups is 2. The maximum atomic E-state index is 13.3. The van der Waals surface area contributed by atoms with Gasteiger partial charge in [0.15, 0.2) is 12.4 Å². The molecule has 384 valence electrons. The van der Waals surface area contributed by atoms with Crippen molar-refractivity contribution in [2.24, 2.45) is 0 Å². The van der Waals surface area contributed by atoms with E-state index in [1.165, 1.54) is 109 Å². The molecule has 6 N–H and O–H groups in total. The van der Waals surface area contributed by atoms with Crippen molar-refractivity contribution in [3.63, 3.8) is 0 Å². The van der Waals surface area contributed by atoms with E-state index in [0.29, 0.717) is 12.8 Å². The highest BCUT2D eigenvalue weighted by molar-refractivity contribution is 5.80. The van der Waals surface area contributed by atoms with Gasteiger partial charge in [-0.3, -0.25) is 9.59 Å². The Morgan fingerprint density at radius 1 is 0.606 bits per heavy atom. The summed E-state index contributed by atoms with van der Waals surface area (Å²) in [4.78, 5) is 26.3. The molecule has 0 aliphatic carbocycles. The molecule has 8 unspecified atom stereocenters. The van der Waals surface area contributed by atoms with Gasteiger partial charge in [-0.1, -0.05) is 223 Å². The van der Waals surface area contributed by atoms with Crippen LogP contribution in [0.15, 0.2) is 48.6 Å². The first kappa shape index (κ1) is 61.6. The molecule has 66 heavy (non-hydrogen) atoms. The zero-order chi connectivity index (χ0) is 48.3. The lowest BCUT2D eigenvalue weighted by Crippen LogP contribution is -2.61. The molecule has 1 aliphatic heterocycles. The number of aliphatic hydroxyl groups is 5. The monoisotopic (exact) mass is 934 g/mol. The van der Waals surface area contributed by atoms with E-state index in [4.69, 9.17) is 14.2 Å². The highest BCUT2D eigenvalue weighted by Gasteiger charge is 2.47. The molecule has 1 aliphatic rings. The third kappa shape index (κ3) is 32.4. The average Bonchev–Trinajstić information content (AvgIpc) is 3.31. The van der Waals surface area contributed by atoms with Crippen LogP contribution >= 0.6 is 0 Å². The smallest absolute Gasteiger partial charge is 0.306 e. The van der Waals surface area contributed by atoms with Crippen molar-refractivity contribution in [2.75, 3.05) is 13.2 Å². The van der Waals surface area contributed by atoms with Crippen LogP contribution in [0.4, 0.5) is 0 Å². The van der Waals surface area contributed by atoms with Gasteiger partial charge in [-0.15, -0.1) is 0 Å². The maximum Gasteiger partial charge on any atom is 0.306 e. The van der Waals surface area contributed by atoms with Crippen molar-refractivity contribution in [1.29, 1.82) is 0 Å². The topological polar surface area (TPSA) is 175 Å². The van der Waals surface area contributed by atoms with Crippen LogP contribution in [0.5, 0.6) is 0 Å². The number of esters is 1. The standard InChI is InChI=1S/C55H99NO10/c1-4-7-10-13-16-19-22-24-25-28-31-34-37-40-43-50(60)66-53-52(62)51(61)49(44-57)65-55(53)64-45-46(47(58)41-38-35-32-29-26-21-18-15-12-9-6-3)56-54(63)48(59)42-39-36-33-30-27-23-20-17-14-11-8-5-2/h8,11,14,17,20,23,38,41,46-49,51-53,55,57-59,61-62H,4-7,9-10,12-13,15-16,18-19,21-22,24-37,39-40,42-45H2,1-3H3,(H,56,63)/b11-8+,17-14+,23-20-,41-38+. The van der Waals surface area contributed by atoms with Crippen LogP contribution in [0.25, 0.3) is 0 Å². The van der Waals surface area contributed by atoms with E-state index in [1.807, 2.05) is 30.4 Å². The largest absolute Gasteiger partial charge is 0.454 e. The first-order valence-corrected chi connectivity index (χ1v) is 26.9. The number of allylic oxidation sites excluding steroid dienone is 7. The summed E-state index contributed by atoms with van der Waals surface area (Å²) in [5.74, 6) is -1.22. The Labute approximate surface area is 402 Å². The van der Waals surface area contributed by atoms with Crippen molar-refractivity contribution in [1.82, 2.24) is 5.32 Å². The Bertz CT molecular complexity index is 1260. The molecule has 8 atom stereocenters. The van der Waals surface area contributed by atoms with E-state index in [1.54, 1.807) is 6.08 Å². The average molecular weight is 934 g/mol. The van der Waals surface area contributed by atoms with Gasteiger partial charge in [-0.05, 0) is 44.9 Å². The number of amides is 1. The fourth-order valence-corrected chi connectivity index (χ4v) is 8.24. The molecule has 0 aromatic rings. The van der Waals surface area contributed by atoms with Gasteiger partial charge in [0, 0.05) is 6.42 Å². The van der Waals surface area contributed by atoms with Crippen LogP contribution in [-0.4, -0.2) is 99.6 Å². The highest BCUT2D eigenvalue weighted by Crippen LogP contribution is 2.26. The van der Waals surface area contributed by atoms with E-state index < -0.39 is 67.4 Å². The van der Waals surface area contributed by atoms with Crippen LogP contribution in [-0.2, 0) is 23.8 Å². The van der Waals surface area contributed by atoms with E-state index in [9.17, 15) is 35.1 Å². The summed E-state index contributed by atoms with van der Waals surface area (Å²) in [6, 6.07) is -1.03. The van der Waals surface area contributed by atoms with Gasteiger partial charge in [0.1, 0.15) is 24.4 Å². The van der Waals surface area contributed by atoms with E-state index in [2.05, 4.69) is 38.2 Å². The first-order chi connectivity index (χ1) is 32.2. The fourth-order valence-electron chi connectivity index (χ4n) is 8.24. The molecular formula is C55H99NO10. The van der Waals surface area contributed by atoms with Gasteiger partial charge in [0.05, 0.1) is 25.4 Å². The third-order valence-corrected chi connectivity index (χ3v) is 12.6. The molecule has 0 saturated carbocycles. The second-order valence-electron chi connectivity index (χ2n) is 18.6. The lowest BCUT2D eigenvalue weighted by Gasteiger charge is -2.41. The second-order valence-corrected chi connectivity index (χ2v) is 18.6. The fraction of sp³-hybridized carbons (Fsp3) is 0.818. The Balaban J connectivity index is 2.77. The number of carbonyl (C=O) groups excluding carboxylic acids is 2. The quantitative estimate of drug-likeness (QED) is 0.0149. The molecule has 11 heteroatoms. The van der Waals surface area contributed by atoms with Gasteiger partial charge in [0.2, 0.25) is 5.91 Å². The number of unbranched alkanes of at least 4 members (excludes halogenated alkanes) is 26. The molecule has 0 bridgehead atoms. The van der Waals surface area contributed by atoms with Gasteiger partial charge in [0.25, 0.3) is 0 Å². The normalized spacial score (nSPS) is 20.5. The summed E-state index contributed by atoms with van der Waals surface area (Å²) < 4.78 is 17.5. The van der Waals surface area contributed by atoms with E-state index >= 15 is 0 Å². The Morgan fingerprint density at radius 3 is 1.62 bits per heavy atom. The van der Waals surface area contributed by atoms with Crippen LogP contribution < -0.4 is 5.32 Å². The molecule has 0 radical (unpaired) electrons. The number of ether oxygens (including phenoxy) is 3. The highest BCUT2D eigenvalue weighted by atomic mass is 16.7. The van der Waals surface area contributed by atoms with Crippen molar-refractivity contribution in [2.45, 2.75) is 275 Å². The SMILES string of the molecule is CC/C=C/C=C/C=C\CCCCCCC(O)C(=O)NC(COC1OC(CO)C(O)C(O)C1OC(=O)CCCCCCCCCCCCCCCC)C(O)/C=C/CCCCCCCCCCC. The Hall–Kier alpha value is -2.38. The molecule has 1 fully saturated rings. The summed E-state index contributed by atoms with van der Waals surface area (Å²) in [6.07, 6.45) is 40.2. The molecule has 1 rings (SSSR count). The van der Waals surface area contributed by atoms with Crippen molar-refractivity contribution >= 4 is 11.9 Å². The molecular weight excluding hydrogens is 835 g/mol. The maximum absolute atomic E-state index is 13.3. The minimum absolute atomic E-state index is 0.123. The molecule has 1 heterocycles. The zero-order valence-corrected chi connectivity index (χ0v) is 42.1. The van der Waals surface area contributed by atoms with Gasteiger partial charge >= 0.3 is 5.97 Å². The van der Waals surface area contributed by atoms with Gasteiger partial charge in [-0.2, -0.15) is 0 Å². The van der Waals surface area contributed by atoms with Crippen molar-refractivity contribution in [3.8, 4) is 0 Å². The third-order valence-electron chi connectivity index (χ3n) is 12.6. The predicted octanol–water partition coefficient (Wildman–Crippen LogP) is 11.3. The van der Waals surface area contributed by atoms with Crippen molar-refractivity contribution < 1.29 is 49.3 Å². The Kier molecular flexibility index (Phi) is 41.0. The summed E-state index contributed by atoms with van der Waals surface area (Å²) >= 11 is 0. The first-order valence-electron chi connectivity index (χ1n) is 26.9.